The number of halogens is 1. The molecule has 0 heterocycles. The van der Waals surface area contributed by atoms with Crippen LogP contribution in [0.4, 0.5) is 0 Å². The van der Waals surface area contributed by atoms with Gasteiger partial charge in [-0.15, -0.1) is 11.6 Å². The topological polar surface area (TPSA) is 44.8 Å². The molecule has 0 amide bonds. The van der Waals surface area contributed by atoms with Crippen molar-refractivity contribution in [3.05, 3.63) is 0 Å². The van der Waals surface area contributed by atoms with Gasteiger partial charge in [-0.2, -0.15) is 0 Å². The summed E-state index contributed by atoms with van der Waals surface area (Å²) in [6.07, 6.45) is -0.546. The molecule has 90 valence electrons. The van der Waals surface area contributed by atoms with Gasteiger partial charge in [-0.3, -0.25) is 4.79 Å². The van der Waals surface area contributed by atoms with Crippen molar-refractivity contribution in [2.75, 3.05) is 19.1 Å². The zero-order valence-corrected chi connectivity index (χ0v) is 10.3. The van der Waals surface area contributed by atoms with E-state index >= 15 is 0 Å². The molecular formula is C10H19ClO4. The Labute approximate surface area is 95.8 Å². The van der Waals surface area contributed by atoms with E-state index < -0.39 is 0 Å². The maximum Gasteiger partial charge on any atom is 0.308 e. The first kappa shape index (κ1) is 14.7. The Balaban J connectivity index is 3.86. The zero-order chi connectivity index (χ0) is 11.7. The Morgan fingerprint density at radius 1 is 1.33 bits per heavy atom. The Morgan fingerprint density at radius 2 is 2.00 bits per heavy atom. The lowest BCUT2D eigenvalue weighted by atomic mass is 10.3. The summed E-state index contributed by atoms with van der Waals surface area (Å²) in [5, 5.41) is 0. The summed E-state index contributed by atoms with van der Waals surface area (Å²) in [6.45, 7) is 6.34. The number of rotatable bonds is 8. The highest BCUT2D eigenvalue weighted by Crippen LogP contribution is 2.07. The van der Waals surface area contributed by atoms with Gasteiger partial charge in [0.25, 0.3) is 0 Å². The second kappa shape index (κ2) is 8.95. The third kappa shape index (κ3) is 7.59. The first-order valence-corrected chi connectivity index (χ1v) is 5.66. The van der Waals surface area contributed by atoms with E-state index in [-0.39, 0.29) is 30.7 Å². The SMILES string of the molecule is CCOC(=O)C[C@@H](CCl)OC(C)OCC. The second-order valence-electron chi connectivity index (χ2n) is 2.94. The summed E-state index contributed by atoms with van der Waals surface area (Å²) < 4.78 is 15.4. The lowest BCUT2D eigenvalue weighted by Gasteiger charge is -2.19. The van der Waals surface area contributed by atoms with E-state index in [2.05, 4.69) is 0 Å². The van der Waals surface area contributed by atoms with Crippen molar-refractivity contribution < 1.29 is 19.0 Å². The monoisotopic (exact) mass is 238 g/mol. The first-order chi connectivity index (χ1) is 7.13. The van der Waals surface area contributed by atoms with E-state index in [0.29, 0.717) is 13.2 Å². The Hall–Kier alpha value is -0.320. The van der Waals surface area contributed by atoms with Crippen LogP contribution in [0.25, 0.3) is 0 Å². The average Bonchev–Trinajstić information content (AvgIpc) is 2.17. The lowest BCUT2D eigenvalue weighted by molar-refractivity contribution is -0.165. The van der Waals surface area contributed by atoms with Gasteiger partial charge in [0.2, 0.25) is 0 Å². The van der Waals surface area contributed by atoms with Crippen molar-refractivity contribution in [1.29, 1.82) is 0 Å². The van der Waals surface area contributed by atoms with E-state index in [0.717, 1.165) is 0 Å². The molecule has 0 saturated carbocycles. The molecule has 2 atom stereocenters. The van der Waals surface area contributed by atoms with Gasteiger partial charge in [0.1, 0.15) is 0 Å². The molecule has 0 aliphatic rings. The maximum absolute atomic E-state index is 11.2. The van der Waals surface area contributed by atoms with E-state index in [9.17, 15) is 4.79 Å². The minimum absolute atomic E-state index is 0.161. The minimum Gasteiger partial charge on any atom is -0.466 e. The molecule has 0 spiro atoms. The van der Waals surface area contributed by atoms with Crippen LogP contribution in [0.1, 0.15) is 27.2 Å². The van der Waals surface area contributed by atoms with Gasteiger partial charge < -0.3 is 14.2 Å². The molecule has 0 aromatic carbocycles. The molecule has 0 aromatic rings. The highest BCUT2D eigenvalue weighted by Gasteiger charge is 2.17. The smallest absolute Gasteiger partial charge is 0.308 e. The van der Waals surface area contributed by atoms with E-state index in [4.69, 9.17) is 25.8 Å². The van der Waals surface area contributed by atoms with Gasteiger partial charge in [-0.1, -0.05) is 0 Å². The summed E-state index contributed by atoms with van der Waals surface area (Å²) in [7, 11) is 0. The van der Waals surface area contributed by atoms with E-state index in [1.165, 1.54) is 0 Å². The molecule has 0 aliphatic carbocycles. The molecule has 0 N–H and O–H groups in total. The standard InChI is InChI=1S/C10H19ClO4/c1-4-13-8(3)15-9(7-11)6-10(12)14-5-2/h8-9H,4-7H2,1-3H3/t8?,9-/m0/s1. The van der Waals surface area contributed by atoms with Crippen LogP contribution in [-0.2, 0) is 19.0 Å². The van der Waals surface area contributed by atoms with Crippen molar-refractivity contribution in [2.24, 2.45) is 0 Å². The van der Waals surface area contributed by atoms with Crippen LogP contribution < -0.4 is 0 Å². The van der Waals surface area contributed by atoms with Crippen LogP contribution in [0, 0.1) is 0 Å². The van der Waals surface area contributed by atoms with Crippen molar-refractivity contribution in [3.8, 4) is 0 Å². The molecular weight excluding hydrogens is 220 g/mol. The predicted molar refractivity (Wildman–Crippen MR) is 57.9 cm³/mol. The molecule has 0 saturated heterocycles. The number of carbonyl (C=O) groups excluding carboxylic acids is 1. The van der Waals surface area contributed by atoms with Gasteiger partial charge in [0.05, 0.1) is 19.1 Å². The third-order valence-electron chi connectivity index (χ3n) is 1.66. The number of alkyl halides is 1. The van der Waals surface area contributed by atoms with Gasteiger partial charge >= 0.3 is 5.97 Å². The number of hydrogen-bond acceptors (Lipinski definition) is 4. The fraction of sp³-hybridized carbons (Fsp3) is 0.900. The molecule has 4 nitrogen and oxygen atoms in total. The largest absolute Gasteiger partial charge is 0.466 e. The summed E-state index contributed by atoms with van der Waals surface area (Å²) in [5.41, 5.74) is 0. The second-order valence-corrected chi connectivity index (χ2v) is 3.25. The van der Waals surface area contributed by atoms with Crippen LogP contribution in [0.5, 0.6) is 0 Å². The summed E-state index contributed by atoms with van der Waals surface area (Å²) in [4.78, 5) is 11.2. The summed E-state index contributed by atoms with van der Waals surface area (Å²) in [6, 6.07) is 0. The van der Waals surface area contributed by atoms with Crippen LogP contribution in [0.2, 0.25) is 0 Å². The van der Waals surface area contributed by atoms with Gasteiger partial charge in [0.15, 0.2) is 6.29 Å². The molecule has 0 rings (SSSR count). The number of ether oxygens (including phenoxy) is 3. The molecule has 0 radical (unpaired) electrons. The average molecular weight is 239 g/mol. The van der Waals surface area contributed by atoms with Gasteiger partial charge in [0, 0.05) is 12.5 Å². The highest BCUT2D eigenvalue weighted by molar-refractivity contribution is 6.18. The van der Waals surface area contributed by atoms with Crippen molar-refractivity contribution in [2.45, 2.75) is 39.6 Å². The number of esters is 1. The van der Waals surface area contributed by atoms with Crippen molar-refractivity contribution >= 4 is 17.6 Å². The predicted octanol–water partition coefficient (Wildman–Crippen LogP) is 1.95. The normalized spacial score (nSPS) is 14.7. The van der Waals surface area contributed by atoms with Gasteiger partial charge in [-0.25, -0.2) is 0 Å². The van der Waals surface area contributed by atoms with Crippen LogP contribution in [-0.4, -0.2) is 37.5 Å². The fourth-order valence-electron chi connectivity index (χ4n) is 1.09. The lowest BCUT2D eigenvalue weighted by Crippen LogP contribution is -2.26. The minimum atomic E-state index is -0.354. The molecule has 1 unspecified atom stereocenters. The Bertz CT molecular complexity index is 175. The Morgan fingerprint density at radius 3 is 2.47 bits per heavy atom. The highest BCUT2D eigenvalue weighted by atomic mass is 35.5. The third-order valence-corrected chi connectivity index (χ3v) is 2.00. The number of carbonyl (C=O) groups is 1. The maximum atomic E-state index is 11.2. The zero-order valence-electron chi connectivity index (χ0n) is 9.49. The van der Waals surface area contributed by atoms with E-state index in [1.54, 1.807) is 13.8 Å². The van der Waals surface area contributed by atoms with Crippen LogP contribution >= 0.6 is 11.6 Å². The van der Waals surface area contributed by atoms with Crippen LogP contribution in [0.3, 0.4) is 0 Å². The fourth-order valence-corrected chi connectivity index (χ4v) is 1.27. The number of hydrogen-bond donors (Lipinski definition) is 0. The molecule has 0 aliphatic heterocycles. The first-order valence-electron chi connectivity index (χ1n) is 5.12. The molecule has 0 aromatic heterocycles. The van der Waals surface area contributed by atoms with Crippen molar-refractivity contribution in [3.63, 3.8) is 0 Å². The summed E-state index contributed by atoms with van der Waals surface area (Å²) >= 11 is 5.67. The molecule has 0 fully saturated rings. The molecule has 15 heavy (non-hydrogen) atoms. The molecule has 5 heteroatoms. The molecule has 0 bridgehead atoms. The quantitative estimate of drug-likeness (QED) is 0.368. The van der Waals surface area contributed by atoms with Crippen LogP contribution in [0.15, 0.2) is 0 Å². The summed E-state index contributed by atoms with van der Waals surface area (Å²) in [5.74, 6) is -0.0530. The Kier molecular flexibility index (Phi) is 8.76. The van der Waals surface area contributed by atoms with Crippen molar-refractivity contribution in [1.82, 2.24) is 0 Å². The van der Waals surface area contributed by atoms with E-state index in [1.807, 2.05) is 6.92 Å². The van der Waals surface area contributed by atoms with Gasteiger partial charge in [-0.05, 0) is 20.8 Å².